The molecule has 1 aliphatic rings. The molecule has 38 heavy (non-hydrogen) atoms. The van der Waals surface area contributed by atoms with Crippen LogP contribution in [0, 0.1) is 0 Å². The molecule has 4 heterocycles. The Bertz CT molecular complexity index is 1410. The summed E-state index contributed by atoms with van der Waals surface area (Å²) in [5, 5.41) is 18.9. The molecule has 5 rings (SSSR count). The number of fused-ring (bicyclic) bond motifs is 2. The summed E-state index contributed by atoms with van der Waals surface area (Å²) in [5.74, 6) is 0.363. The Balaban J connectivity index is 0.00000200. The van der Waals surface area contributed by atoms with Crippen LogP contribution < -0.4 is 5.73 Å². The maximum absolute atomic E-state index is 14.2. The van der Waals surface area contributed by atoms with E-state index in [4.69, 9.17) is 10.7 Å². The van der Waals surface area contributed by atoms with Crippen LogP contribution in [-0.4, -0.2) is 61.5 Å². The highest BCUT2D eigenvalue weighted by Gasteiger charge is 2.46. The number of likely N-dealkylation sites (tertiary alicyclic amines) is 1. The van der Waals surface area contributed by atoms with Crippen molar-refractivity contribution in [2.24, 2.45) is 5.73 Å². The zero-order chi connectivity index (χ0) is 25.7. The summed E-state index contributed by atoms with van der Waals surface area (Å²) >= 11 is 0. The number of aromatic nitrogens is 4. The molecule has 1 unspecified atom stereocenters. The summed E-state index contributed by atoms with van der Waals surface area (Å²) in [6.45, 7) is 4.62. The number of hydrogen-bond donors (Lipinski definition) is 2. The molecular weight excluding hydrogens is 540 g/mol. The first-order valence-electron chi connectivity index (χ1n) is 12.0. The smallest absolute Gasteiger partial charge is 0.396 e. The second kappa shape index (κ2) is 11.3. The van der Waals surface area contributed by atoms with Gasteiger partial charge in [0.1, 0.15) is 11.7 Å². The molecule has 0 amide bonds. The van der Waals surface area contributed by atoms with E-state index in [1.54, 1.807) is 16.5 Å². The van der Waals surface area contributed by atoms with E-state index in [0.717, 1.165) is 16.5 Å². The van der Waals surface area contributed by atoms with Gasteiger partial charge in [-0.3, -0.25) is 9.30 Å². The number of alkyl halides is 3. The predicted molar refractivity (Wildman–Crippen MR) is 146 cm³/mol. The Kier molecular flexibility index (Phi) is 8.95. The van der Waals surface area contributed by atoms with Gasteiger partial charge >= 0.3 is 6.18 Å². The molecule has 3 N–H and O–H groups in total. The van der Waals surface area contributed by atoms with Gasteiger partial charge in [-0.05, 0) is 41.5 Å². The zero-order valence-electron chi connectivity index (χ0n) is 21.0. The number of aliphatic hydroxyl groups is 1. The van der Waals surface area contributed by atoms with E-state index in [-0.39, 0.29) is 61.5 Å². The van der Waals surface area contributed by atoms with Crippen molar-refractivity contribution >= 4 is 41.4 Å². The first-order valence-corrected chi connectivity index (χ1v) is 12.0. The molecule has 12 heteroatoms. The third kappa shape index (κ3) is 5.60. The van der Waals surface area contributed by atoms with E-state index in [0.29, 0.717) is 30.0 Å². The quantitative estimate of drug-likeness (QED) is 0.335. The fourth-order valence-electron chi connectivity index (χ4n) is 5.13. The van der Waals surface area contributed by atoms with Gasteiger partial charge in [-0.25, -0.2) is 4.98 Å². The van der Waals surface area contributed by atoms with Gasteiger partial charge < -0.3 is 10.8 Å². The van der Waals surface area contributed by atoms with Crippen molar-refractivity contribution in [2.75, 3.05) is 19.7 Å². The summed E-state index contributed by atoms with van der Waals surface area (Å²) in [5.41, 5.74) is 8.38. The minimum atomic E-state index is -4.46. The number of hydrogen-bond acceptors (Lipinski definition) is 6. The van der Waals surface area contributed by atoms with Crippen molar-refractivity contribution < 1.29 is 18.3 Å². The third-order valence-electron chi connectivity index (χ3n) is 7.09. The molecule has 0 radical (unpaired) electrons. The van der Waals surface area contributed by atoms with Gasteiger partial charge in [-0.2, -0.15) is 13.2 Å². The Labute approximate surface area is 231 Å². The molecule has 1 fully saturated rings. The Morgan fingerprint density at radius 3 is 2.50 bits per heavy atom. The van der Waals surface area contributed by atoms with Crippen molar-refractivity contribution in [3.05, 3.63) is 59.8 Å². The second-order valence-electron chi connectivity index (χ2n) is 10.1. The van der Waals surface area contributed by atoms with Crippen LogP contribution in [0.2, 0.25) is 0 Å². The van der Waals surface area contributed by atoms with E-state index < -0.39 is 12.2 Å². The van der Waals surface area contributed by atoms with Crippen LogP contribution in [0.3, 0.4) is 0 Å². The number of aliphatic hydroxyl groups excluding tert-OH is 1. The molecule has 7 nitrogen and oxygen atoms in total. The molecule has 1 aromatic carbocycles. The van der Waals surface area contributed by atoms with Crippen LogP contribution in [-0.2, 0) is 5.41 Å². The summed E-state index contributed by atoms with van der Waals surface area (Å²) in [7, 11) is 0. The van der Waals surface area contributed by atoms with Crippen LogP contribution in [0.5, 0.6) is 0 Å². The lowest BCUT2D eigenvalue weighted by molar-refractivity contribution is -0.183. The van der Waals surface area contributed by atoms with E-state index >= 15 is 0 Å². The highest BCUT2D eigenvalue weighted by atomic mass is 35.5. The first-order chi connectivity index (χ1) is 17.1. The van der Waals surface area contributed by atoms with Gasteiger partial charge in [-0.15, -0.1) is 35.0 Å². The second-order valence-corrected chi connectivity index (χ2v) is 10.1. The van der Waals surface area contributed by atoms with Crippen molar-refractivity contribution in [3.63, 3.8) is 0 Å². The minimum Gasteiger partial charge on any atom is -0.396 e. The lowest BCUT2D eigenvalue weighted by atomic mass is 9.80. The molecule has 2 atom stereocenters. The number of nitrogens with zero attached hydrogens (tertiary/aromatic N) is 5. The van der Waals surface area contributed by atoms with E-state index in [2.05, 4.69) is 10.2 Å². The van der Waals surface area contributed by atoms with Crippen LogP contribution in [0.15, 0.2) is 48.7 Å². The van der Waals surface area contributed by atoms with Crippen LogP contribution in [0.25, 0.3) is 28.1 Å². The SMILES string of the molecule is CC(C)(CCO)c1cccc2ccc(-c3nnc4ccc([C@@H](N5CCC(N)C5)C(F)(F)F)cn34)nc12.Cl.Cl. The fraction of sp³-hybridized carbons (Fsp3) is 0.423. The minimum absolute atomic E-state index is 0. The first kappa shape index (κ1) is 30.0. The fourth-order valence-corrected chi connectivity index (χ4v) is 5.13. The molecule has 0 saturated carbocycles. The summed E-state index contributed by atoms with van der Waals surface area (Å²) < 4.78 is 44.1. The van der Waals surface area contributed by atoms with Crippen LogP contribution in [0.4, 0.5) is 13.2 Å². The van der Waals surface area contributed by atoms with E-state index in [9.17, 15) is 18.3 Å². The number of para-hydroxylation sites is 1. The largest absolute Gasteiger partial charge is 0.408 e. The molecule has 206 valence electrons. The number of rotatable bonds is 6. The number of benzene rings is 1. The topological polar surface area (TPSA) is 92.6 Å². The van der Waals surface area contributed by atoms with Gasteiger partial charge in [0.25, 0.3) is 0 Å². The van der Waals surface area contributed by atoms with Crippen molar-refractivity contribution in [1.29, 1.82) is 0 Å². The summed E-state index contributed by atoms with van der Waals surface area (Å²) in [4.78, 5) is 6.26. The van der Waals surface area contributed by atoms with Gasteiger partial charge in [-0.1, -0.05) is 44.2 Å². The Morgan fingerprint density at radius 1 is 1.08 bits per heavy atom. The highest BCUT2D eigenvalue weighted by molar-refractivity contribution is 5.86. The summed E-state index contributed by atoms with van der Waals surface area (Å²) in [6.07, 6.45) is -1.91. The molecule has 0 bridgehead atoms. The number of pyridine rings is 2. The lowest BCUT2D eigenvalue weighted by Gasteiger charge is -2.30. The normalized spacial score (nSPS) is 17.4. The summed E-state index contributed by atoms with van der Waals surface area (Å²) in [6, 6.07) is 10.6. The predicted octanol–water partition coefficient (Wildman–Crippen LogP) is 5.08. The highest BCUT2D eigenvalue weighted by Crippen LogP contribution is 2.40. The monoisotopic (exact) mass is 570 g/mol. The molecule has 3 aromatic heterocycles. The molecule has 1 saturated heterocycles. The van der Waals surface area contributed by atoms with Gasteiger partial charge in [0.05, 0.1) is 5.52 Å². The third-order valence-corrected chi connectivity index (χ3v) is 7.09. The van der Waals surface area contributed by atoms with Crippen LogP contribution in [0.1, 0.15) is 43.9 Å². The maximum Gasteiger partial charge on any atom is 0.408 e. The molecule has 0 aliphatic carbocycles. The van der Waals surface area contributed by atoms with Gasteiger partial charge in [0.2, 0.25) is 0 Å². The maximum atomic E-state index is 14.2. The number of nitrogens with two attached hydrogens (primary N) is 1. The van der Waals surface area contributed by atoms with E-state index in [1.807, 2.05) is 38.1 Å². The van der Waals surface area contributed by atoms with Crippen molar-refractivity contribution in [2.45, 2.75) is 50.4 Å². The molecular formula is C26H31Cl2F3N6O. The Morgan fingerprint density at radius 2 is 1.84 bits per heavy atom. The Hall–Kier alpha value is -2.50. The van der Waals surface area contributed by atoms with Crippen molar-refractivity contribution in [1.82, 2.24) is 24.5 Å². The van der Waals surface area contributed by atoms with E-state index in [1.165, 1.54) is 17.2 Å². The average Bonchev–Trinajstić information content (AvgIpc) is 3.43. The average molecular weight is 571 g/mol. The number of halogens is 5. The van der Waals surface area contributed by atoms with Gasteiger partial charge in [0.15, 0.2) is 11.5 Å². The standard InChI is InChI=1S/C26H29F3N6O.2ClH/c1-25(2,11-13-36)19-5-3-4-16-6-8-20(31-22(16)19)24-33-32-21-9-7-17(14-35(21)24)23(26(27,28)29)34-12-10-18(30)15-34;;/h3-9,14,18,23,36H,10-13,15,30H2,1-2H3;2*1H/t18?,23-;;/m1../s1. The van der Waals surface area contributed by atoms with Crippen molar-refractivity contribution in [3.8, 4) is 11.5 Å². The lowest BCUT2D eigenvalue weighted by Crippen LogP contribution is -2.38. The van der Waals surface area contributed by atoms with Crippen LogP contribution >= 0.6 is 24.8 Å². The molecule has 1 aliphatic heterocycles. The molecule has 4 aromatic rings. The molecule has 0 spiro atoms. The zero-order valence-corrected chi connectivity index (χ0v) is 22.7. The van der Waals surface area contributed by atoms with Gasteiger partial charge in [0, 0.05) is 37.3 Å².